The van der Waals surface area contributed by atoms with Crippen LogP contribution in [0.3, 0.4) is 0 Å². The lowest BCUT2D eigenvalue weighted by Crippen LogP contribution is -1.91. The van der Waals surface area contributed by atoms with Gasteiger partial charge >= 0.3 is 0 Å². The fraction of sp³-hybridized carbons (Fsp3) is 0.417. The third kappa shape index (κ3) is 2.01. The summed E-state index contributed by atoms with van der Waals surface area (Å²) >= 11 is 0. The van der Waals surface area contributed by atoms with Crippen molar-refractivity contribution in [3.8, 4) is 0 Å². The van der Waals surface area contributed by atoms with E-state index in [0.29, 0.717) is 11.1 Å². The van der Waals surface area contributed by atoms with Gasteiger partial charge in [-0.2, -0.15) is 0 Å². The third-order valence-corrected chi connectivity index (χ3v) is 2.26. The number of nitrogens with zero attached hydrogens (tertiary/aromatic N) is 2. The molecule has 1 aromatic carbocycles. The molecule has 0 saturated heterocycles. The normalized spacial score (nSPS) is 9.93. The Morgan fingerprint density at radius 2 is 2.00 bits per heavy atom. The highest BCUT2D eigenvalue weighted by molar-refractivity contribution is 5.76. The summed E-state index contributed by atoms with van der Waals surface area (Å²) in [6, 6.07) is 3.69. The monoisotopic (exact) mass is 208 g/mol. The zero-order valence-corrected chi connectivity index (χ0v) is 9.71. The average Bonchev–Trinajstić information content (AvgIpc) is 2.70. The molecule has 0 aliphatic rings. The highest BCUT2D eigenvalue weighted by Crippen LogP contribution is 2.18. The maximum Gasteiger partial charge on any atom is 0.153 e. The van der Waals surface area contributed by atoms with Crippen molar-refractivity contribution in [2.75, 3.05) is 0 Å². The predicted octanol–water partition coefficient (Wildman–Crippen LogP) is 3.53. The molecule has 0 aliphatic heterocycles. The number of hydrogen-bond donors (Lipinski definition) is 0. The first-order valence-electron chi connectivity index (χ1n) is 5.34. The van der Waals surface area contributed by atoms with E-state index in [4.69, 9.17) is 0 Å². The molecule has 0 saturated carbocycles. The van der Waals surface area contributed by atoms with Gasteiger partial charge in [0.2, 0.25) is 0 Å². The Kier molecular flexibility index (Phi) is 3.83. The molecule has 0 spiro atoms. The second-order valence-electron chi connectivity index (χ2n) is 3.09. The van der Waals surface area contributed by atoms with Gasteiger partial charge in [-0.25, -0.2) is 9.37 Å². The molecule has 0 bridgehead atoms. The molecule has 0 aliphatic carbocycles. The van der Waals surface area contributed by atoms with Crippen LogP contribution in [0.4, 0.5) is 4.39 Å². The predicted molar refractivity (Wildman–Crippen MR) is 61.5 cm³/mol. The van der Waals surface area contributed by atoms with Crippen molar-refractivity contribution in [1.82, 2.24) is 9.55 Å². The van der Waals surface area contributed by atoms with Crippen molar-refractivity contribution in [2.24, 2.45) is 0 Å². The Morgan fingerprint density at radius 1 is 1.33 bits per heavy atom. The Labute approximate surface area is 89.7 Å². The van der Waals surface area contributed by atoms with Gasteiger partial charge < -0.3 is 4.57 Å². The molecule has 0 amide bonds. The largest absolute Gasteiger partial charge is 0.331 e. The second-order valence-corrected chi connectivity index (χ2v) is 3.09. The maximum absolute atomic E-state index is 13.5. The first-order chi connectivity index (χ1) is 7.24. The summed E-state index contributed by atoms with van der Waals surface area (Å²) in [6.07, 6.45) is 1.67. The lowest BCUT2D eigenvalue weighted by Gasteiger charge is -2.00. The number of benzene rings is 1. The molecule has 1 aromatic heterocycles. The van der Waals surface area contributed by atoms with Crippen molar-refractivity contribution in [1.29, 1.82) is 0 Å². The number of aromatic nitrogens is 2. The summed E-state index contributed by atoms with van der Waals surface area (Å²) in [4.78, 5) is 4.04. The SMILES string of the molecule is CC.CCn1cnc2c(F)c(C)ccc21. The van der Waals surface area contributed by atoms with Gasteiger partial charge in [0.1, 0.15) is 5.52 Å². The van der Waals surface area contributed by atoms with Crippen LogP contribution >= 0.6 is 0 Å². The Bertz CT molecular complexity index is 446. The van der Waals surface area contributed by atoms with Crippen LogP contribution in [-0.4, -0.2) is 9.55 Å². The topological polar surface area (TPSA) is 17.8 Å². The first kappa shape index (κ1) is 11.7. The van der Waals surface area contributed by atoms with Gasteiger partial charge in [0, 0.05) is 6.54 Å². The van der Waals surface area contributed by atoms with Crippen molar-refractivity contribution in [3.63, 3.8) is 0 Å². The molecule has 0 atom stereocenters. The lowest BCUT2D eigenvalue weighted by molar-refractivity contribution is 0.628. The molecule has 82 valence electrons. The summed E-state index contributed by atoms with van der Waals surface area (Å²) in [5.41, 5.74) is 1.99. The molecular weight excluding hydrogens is 191 g/mol. The van der Waals surface area contributed by atoms with Gasteiger partial charge in [-0.3, -0.25) is 0 Å². The zero-order valence-electron chi connectivity index (χ0n) is 9.71. The number of rotatable bonds is 1. The van der Waals surface area contributed by atoms with Crippen LogP contribution < -0.4 is 0 Å². The van der Waals surface area contributed by atoms with Crippen LogP contribution in [0.15, 0.2) is 18.5 Å². The summed E-state index contributed by atoms with van der Waals surface area (Å²) < 4.78 is 15.4. The molecule has 2 rings (SSSR count). The number of imidazole rings is 1. The van der Waals surface area contributed by atoms with E-state index in [0.717, 1.165) is 12.1 Å². The quantitative estimate of drug-likeness (QED) is 0.701. The van der Waals surface area contributed by atoms with Gasteiger partial charge in [-0.1, -0.05) is 19.9 Å². The Balaban J connectivity index is 0.000000531. The Morgan fingerprint density at radius 3 is 2.60 bits per heavy atom. The summed E-state index contributed by atoms with van der Waals surface area (Å²) in [5.74, 6) is -0.204. The maximum atomic E-state index is 13.5. The minimum Gasteiger partial charge on any atom is -0.331 e. The molecule has 0 fully saturated rings. The highest BCUT2D eigenvalue weighted by atomic mass is 19.1. The zero-order chi connectivity index (χ0) is 11.4. The van der Waals surface area contributed by atoms with E-state index in [1.165, 1.54) is 0 Å². The average molecular weight is 208 g/mol. The number of fused-ring (bicyclic) bond motifs is 1. The summed E-state index contributed by atoms with van der Waals surface area (Å²) in [7, 11) is 0. The molecule has 0 unspecified atom stereocenters. The first-order valence-corrected chi connectivity index (χ1v) is 5.34. The van der Waals surface area contributed by atoms with Crippen LogP contribution in [0.2, 0.25) is 0 Å². The standard InChI is InChI=1S/C10H11FN2.C2H6/c1-3-13-6-12-10-8(13)5-4-7(2)9(10)11;1-2/h4-6H,3H2,1-2H3;1-2H3. The van der Waals surface area contributed by atoms with Crippen molar-refractivity contribution < 1.29 is 4.39 Å². The minimum atomic E-state index is -0.204. The van der Waals surface area contributed by atoms with Gasteiger partial charge in [0.05, 0.1) is 11.8 Å². The molecule has 1 heterocycles. The van der Waals surface area contributed by atoms with Gasteiger partial charge in [-0.15, -0.1) is 0 Å². The number of aryl methyl sites for hydroxylation is 2. The smallest absolute Gasteiger partial charge is 0.153 e. The third-order valence-electron chi connectivity index (χ3n) is 2.26. The van der Waals surface area contributed by atoms with Crippen LogP contribution in [-0.2, 0) is 6.54 Å². The molecular formula is C12H17FN2. The van der Waals surface area contributed by atoms with Crippen molar-refractivity contribution in [3.05, 3.63) is 29.8 Å². The van der Waals surface area contributed by atoms with E-state index in [-0.39, 0.29) is 5.82 Å². The Hall–Kier alpha value is -1.38. The van der Waals surface area contributed by atoms with E-state index in [1.54, 1.807) is 19.3 Å². The molecule has 15 heavy (non-hydrogen) atoms. The van der Waals surface area contributed by atoms with E-state index in [2.05, 4.69) is 4.98 Å². The number of hydrogen-bond acceptors (Lipinski definition) is 1. The molecule has 0 radical (unpaired) electrons. The second kappa shape index (κ2) is 4.91. The van der Waals surface area contributed by atoms with Crippen LogP contribution in [0.5, 0.6) is 0 Å². The fourth-order valence-corrected chi connectivity index (χ4v) is 1.45. The van der Waals surface area contributed by atoms with Crippen LogP contribution in [0.1, 0.15) is 26.3 Å². The number of halogens is 1. The van der Waals surface area contributed by atoms with Crippen molar-refractivity contribution in [2.45, 2.75) is 34.2 Å². The van der Waals surface area contributed by atoms with E-state index in [9.17, 15) is 4.39 Å². The van der Waals surface area contributed by atoms with Crippen LogP contribution in [0.25, 0.3) is 11.0 Å². The molecule has 2 nitrogen and oxygen atoms in total. The fourth-order valence-electron chi connectivity index (χ4n) is 1.45. The van der Waals surface area contributed by atoms with E-state index < -0.39 is 0 Å². The van der Waals surface area contributed by atoms with Gasteiger partial charge in [0.25, 0.3) is 0 Å². The highest BCUT2D eigenvalue weighted by Gasteiger charge is 2.07. The molecule has 0 N–H and O–H groups in total. The van der Waals surface area contributed by atoms with Crippen molar-refractivity contribution >= 4 is 11.0 Å². The summed E-state index contributed by atoms with van der Waals surface area (Å²) in [6.45, 7) is 8.58. The van der Waals surface area contributed by atoms with E-state index in [1.807, 2.05) is 31.4 Å². The van der Waals surface area contributed by atoms with E-state index >= 15 is 0 Å². The summed E-state index contributed by atoms with van der Waals surface area (Å²) in [5, 5.41) is 0. The molecule has 2 aromatic rings. The van der Waals surface area contributed by atoms with Crippen LogP contribution in [0, 0.1) is 12.7 Å². The van der Waals surface area contributed by atoms with Gasteiger partial charge in [-0.05, 0) is 25.5 Å². The minimum absolute atomic E-state index is 0.204. The lowest BCUT2D eigenvalue weighted by atomic mass is 10.2. The van der Waals surface area contributed by atoms with Gasteiger partial charge in [0.15, 0.2) is 5.82 Å². The molecule has 3 heteroatoms.